The Morgan fingerprint density at radius 3 is 2.47 bits per heavy atom. The van der Waals surface area contributed by atoms with Gasteiger partial charge in [-0.25, -0.2) is 0 Å². The maximum atomic E-state index is 13.0. The predicted molar refractivity (Wildman–Crippen MR) is 106 cm³/mol. The van der Waals surface area contributed by atoms with Gasteiger partial charge in [0.15, 0.2) is 0 Å². The number of ether oxygens (including phenoxy) is 1. The van der Waals surface area contributed by atoms with E-state index < -0.39 is 40.6 Å². The van der Waals surface area contributed by atoms with Crippen LogP contribution in [0.1, 0.15) is 39.1 Å². The van der Waals surface area contributed by atoms with E-state index in [0.29, 0.717) is 0 Å². The van der Waals surface area contributed by atoms with Gasteiger partial charge in [-0.05, 0) is 30.2 Å². The van der Waals surface area contributed by atoms with Gasteiger partial charge in [-0.15, -0.1) is 0 Å². The zero-order valence-electron chi connectivity index (χ0n) is 16.4. The summed E-state index contributed by atoms with van der Waals surface area (Å²) in [5.41, 5.74) is 0.133. The number of nitrogens with one attached hydrogen (secondary N) is 1. The molecule has 0 radical (unpaired) electrons. The molecule has 11 heteroatoms. The van der Waals surface area contributed by atoms with Gasteiger partial charge in [0.2, 0.25) is 11.8 Å². The molecule has 0 bridgehead atoms. The van der Waals surface area contributed by atoms with Crippen molar-refractivity contribution in [3.05, 3.63) is 69.3 Å². The van der Waals surface area contributed by atoms with Gasteiger partial charge in [-0.3, -0.25) is 44.3 Å². The van der Waals surface area contributed by atoms with E-state index in [9.17, 15) is 34.1 Å². The molecule has 4 amide bonds. The van der Waals surface area contributed by atoms with Crippen molar-refractivity contribution in [2.24, 2.45) is 0 Å². The number of imide groups is 2. The number of nitro groups is 1. The molecule has 11 nitrogen and oxygen atoms in total. The molecule has 0 aliphatic carbocycles. The minimum absolute atomic E-state index is 0.00175. The highest BCUT2D eigenvalue weighted by Gasteiger charge is 2.45. The molecule has 2 aromatic rings. The molecular formula is C21H15N3O8. The van der Waals surface area contributed by atoms with Crippen LogP contribution in [0.15, 0.2) is 42.5 Å². The second-order valence-corrected chi connectivity index (χ2v) is 7.19. The van der Waals surface area contributed by atoms with Gasteiger partial charge in [0.1, 0.15) is 11.8 Å². The van der Waals surface area contributed by atoms with Crippen molar-refractivity contribution >= 4 is 35.3 Å². The number of amides is 4. The van der Waals surface area contributed by atoms with Crippen molar-refractivity contribution in [1.82, 2.24) is 10.2 Å². The van der Waals surface area contributed by atoms with Crippen LogP contribution in [-0.4, -0.2) is 45.5 Å². The molecule has 1 atom stereocenters. The Balaban J connectivity index is 1.54. The molecule has 2 aliphatic heterocycles. The summed E-state index contributed by atoms with van der Waals surface area (Å²) in [5.74, 6) is -3.26. The normalized spacial score (nSPS) is 17.8. The molecule has 2 aromatic carbocycles. The molecular weight excluding hydrogens is 422 g/mol. The lowest BCUT2D eigenvalue weighted by atomic mass is 10.0. The Kier molecular flexibility index (Phi) is 5.23. The number of nitro benzene ring substituents is 1. The van der Waals surface area contributed by atoms with Gasteiger partial charge < -0.3 is 4.74 Å². The summed E-state index contributed by atoms with van der Waals surface area (Å²) in [6, 6.07) is 8.22. The first-order valence-corrected chi connectivity index (χ1v) is 9.55. The lowest BCUT2D eigenvalue weighted by Crippen LogP contribution is -2.54. The van der Waals surface area contributed by atoms with Crippen LogP contribution in [0.3, 0.4) is 0 Å². The van der Waals surface area contributed by atoms with Crippen LogP contribution in [0.25, 0.3) is 0 Å². The van der Waals surface area contributed by atoms with E-state index >= 15 is 0 Å². The van der Waals surface area contributed by atoms with Crippen molar-refractivity contribution in [3.8, 4) is 5.75 Å². The number of piperidine rings is 1. The number of carbonyl (C=O) groups is 5. The van der Waals surface area contributed by atoms with Crippen molar-refractivity contribution < 1.29 is 33.6 Å². The number of esters is 1. The monoisotopic (exact) mass is 437 g/mol. The summed E-state index contributed by atoms with van der Waals surface area (Å²) in [4.78, 5) is 72.7. The second kappa shape index (κ2) is 8.02. The van der Waals surface area contributed by atoms with Gasteiger partial charge in [-0.1, -0.05) is 12.1 Å². The lowest BCUT2D eigenvalue weighted by molar-refractivity contribution is -0.384. The van der Waals surface area contributed by atoms with Gasteiger partial charge >= 0.3 is 5.97 Å². The first kappa shape index (κ1) is 20.8. The van der Waals surface area contributed by atoms with Crippen LogP contribution in [0.4, 0.5) is 5.69 Å². The molecule has 0 aromatic heterocycles. The van der Waals surface area contributed by atoms with E-state index in [-0.39, 0.29) is 47.4 Å². The fourth-order valence-corrected chi connectivity index (χ4v) is 3.69. The van der Waals surface area contributed by atoms with E-state index in [0.717, 1.165) is 4.90 Å². The van der Waals surface area contributed by atoms with Crippen molar-refractivity contribution in [1.29, 1.82) is 0 Å². The standard InChI is InChI=1S/C21H15N3O8/c25-16-9-8-15(19(27)22-16)23-20(28)14-3-1-2-11(18(14)21(23)29)10-17(26)32-13-6-4-12(5-7-13)24(30)31/h1-7,15H,8-10H2,(H,22,25,27). The minimum Gasteiger partial charge on any atom is -0.426 e. The molecule has 162 valence electrons. The van der Waals surface area contributed by atoms with Crippen LogP contribution in [0.2, 0.25) is 0 Å². The highest BCUT2D eigenvalue weighted by atomic mass is 16.6. The van der Waals surface area contributed by atoms with Crippen molar-refractivity contribution in [3.63, 3.8) is 0 Å². The highest BCUT2D eigenvalue weighted by molar-refractivity contribution is 6.24. The summed E-state index contributed by atoms with van der Waals surface area (Å²) in [6.45, 7) is 0. The smallest absolute Gasteiger partial charge is 0.315 e. The number of nitrogens with zero attached hydrogens (tertiary/aromatic N) is 2. The molecule has 2 aliphatic rings. The van der Waals surface area contributed by atoms with Crippen molar-refractivity contribution in [2.75, 3.05) is 0 Å². The van der Waals surface area contributed by atoms with Crippen LogP contribution >= 0.6 is 0 Å². The Morgan fingerprint density at radius 2 is 1.81 bits per heavy atom. The molecule has 1 N–H and O–H groups in total. The number of benzene rings is 2. The Hall–Kier alpha value is -4.41. The van der Waals surface area contributed by atoms with Crippen LogP contribution in [0.5, 0.6) is 5.75 Å². The van der Waals surface area contributed by atoms with E-state index in [1.807, 2.05) is 0 Å². The highest BCUT2D eigenvalue weighted by Crippen LogP contribution is 2.30. The largest absolute Gasteiger partial charge is 0.426 e. The third-order valence-electron chi connectivity index (χ3n) is 5.17. The zero-order valence-corrected chi connectivity index (χ0v) is 16.4. The van der Waals surface area contributed by atoms with E-state index in [1.54, 1.807) is 0 Å². The third-order valence-corrected chi connectivity index (χ3v) is 5.17. The Labute approximate surface area is 180 Å². The molecule has 2 heterocycles. The molecule has 4 rings (SSSR count). The van der Waals surface area contributed by atoms with Crippen molar-refractivity contribution in [2.45, 2.75) is 25.3 Å². The molecule has 1 fully saturated rings. The fraction of sp³-hybridized carbons (Fsp3) is 0.190. The lowest BCUT2D eigenvalue weighted by Gasteiger charge is -2.27. The molecule has 32 heavy (non-hydrogen) atoms. The topological polar surface area (TPSA) is 153 Å². The fourth-order valence-electron chi connectivity index (χ4n) is 3.69. The number of rotatable bonds is 5. The van der Waals surface area contributed by atoms with E-state index in [2.05, 4.69) is 5.32 Å². The summed E-state index contributed by atoms with van der Waals surface area (Å²) in [5, 5.41) is 12.8. The van der Waals surface area contributed by atoms with Crippen LogP contribution < -0.4 is 10.1 Å². The van der Waals surface area contributed by atoms with Crippen LogP contribution in [0, 0.1) is 10.1 Å². The minimum atomic E-state index is -1.11. The summed E-state index contributed by atoms with van der Waals surface area (Å²) < 4.78 is 5.17. The van der Waals surface area contributed by atoms with Gasteiger partial charge in [0.05, 0.1) is 22.5 Å². The predicted octanol–water partition coefficient (Wildman–Crippen LogP) is 1.14. The number of carbonyl (C=O) groups excluding carboxylic acids is 5. The number of hydrogen-bond acceptors (Lipinski definition) is 8. The van der Waals surface area contributed by atoms with Gasteiger partial charge in [0.25, 0.3) is 17.5 Å². The number of fused-ring (bicyclic) bond motifs is 1. The number of hydrogen-bond donors (Lipinski definition) is 1. The maximum absolute atomic E-state index is 13.0. The van der Waals surface area contributed by atoms with E-state index in [4.69, 9.17) is 4.74 Å². The quantitative estimate of drug-likeness (QED) is 0.240. The molecule has 0 spiro atoms. The van der Waals surface area contributed by atoms with Crippen LogP contribution in [-0.2, 0) is 20.8 Å². The number of non-ortho nitro benzene ring substituents is 1. The Morgan fingerprint density at radius 1 is 1.09 bits per heavy atom. The Bertz CT molecular complexity index is 1190. The first-order chi connectivity index (χ1) is 15.3. The molecule has 0 saturated carbocycles. The molecule has 1 saturated heterocycles. The van der Waals surface area contributed by atoms with E-state index in [1.165, 1.54) is 42.5 Å². The third kappa shape index (κ3) is 3.71. The molecule has 1 unspecified atom stereocenters. The zero-order chi connectivity index (χ0) is 23.0. The SMILES string of the molecule is O=C1CCC(N2C(=O)c3cccc(CC(=O)Oc4ccc([N+](=O)[O-])cc4)c3C2=O)C(=O)N1. The van der Waals surface area contributed by atoms with Gasteiger partial charge in [-0.2, -0.15) is 0 Å². The average Bonchev–Trinajstić information content (AvgIpc) is 3.00. The van der Waals surface area contributed by atoms with Gasteiger partial charge in [0, 0.05) is 18.6 Å². The maximum Gasteiger partial charge on any atom is 0.315 e. The summed E-state index contributed by atoms with van der Waals surface area (Å²) >= 11 is 0. The first-order valence-electron chi connectivity index (χ1n) is 9.55. The summed E-state index contributed by atoms with van der Waals surface area (Å²) in [7, 11) is 0. The summed E-state index contributed by atoms with van der Waals surface area (Å²) in [6.07, 6.45) is -0.325. The second-order valence-electron chi connectivity index (χ2n) is 7.19. The average molecular weight is 437 g/mol.